The molecule has 0 N–H and O–H groups in total. The van der Waals surface area contributed by atoms with Gasteiger partial charge in [-0.1, -0.05) is 36.3 Å². The zero-order valence-electron chi connectivity index (χ0n) is 8.92. The van der Waals surface area contributed by atoms with Crippen molar-refractivity contribution >= 4 is 18.1 Å². The molecule has 1 heterocycles. The molecule has 4 nitrogen and oxygen atoms in total. The summed E-state index contributed by atoms with van der Waals surface area (Å²) < 4.78 is 4.85. The van der Waals surface area contributed by atoms with Crippen LogP contribution in [0.2, 0.25) is 0 Å². The molecule has 0 aromatic heterocycles. The lowest BCUT2D eigenvalue weighted by molar-refractivity contribution is -0.122. The number of nitrogens with zero attached hydrogens (tertiary/aromatic N) is 1. The molecule has 4 heteroatoms. The van der Waals surface area contributed by atoms with Gasteiger partial charge in [0.15, 0.2) is 5.76 Å². The van der Waals surface area contributed by atoms with E-state index in [0.29, 0.717) is 0 Å². The number of imide groups is 1. The highest BCUT2D eigenvalue weighted by atomic mass is 16.6. The monoisotopic (exact) mass is 227 g/mol. The SMILES string of the molecule is C#CCN1C(=O)O/C(=C\c2ccccc2)C1=O. The number of terminal acetylenes is 1. The number of hydrogen-bond donors (Lipinski definition) is 0. The Labute approximate surface area is 98.5 Å². The van der Waals surface area contributed by atoms with Gasteiger partial charge < -0.3 is 4.74 Å². The summed E-state index contributed by atoms with van der Waals surface area (Å²) in [6, 6.07) is 9.12. The van der Waals surface area contributed by atoms with Crippen molar-refractivity contribution in [3.8, 4) is 12.3 Å². The van der Waals surface area contributed by atoms with Gasteiger partial charge in [0, 0.05) is 0 Å². The molecule has 2 amide bonds. The average Bonchev–Trinajstić information content (AvgIpc) is 2.59. The second-order valence-electron chi connectivity index (χ2n) is 3.38. The maximum Gasteiger partial charge on any atom is 0.423 e. The predicted molar refractivity (Wildman–Crippen MR) is 61.4 cm³/mol. The number of amides is 2. The van der Waals surface area contributed by atoms with E-state index in [1.807, 2.05) is 18.2 Å². The molecule has 1 aliphatic rings. The van der Waals surface area contributed by atoms with Crippen molar-refractivity contribution in [1.29, 1.82) is 0 Å². The highest BCUT2D eigenvalue weighted by molar-refractivity contribution is 6.10. The minimum Gasteiger partial charge on any atom is -0.404 e. The van der Waals surface area contributed by atoms with E-state index in [2.05, 4.69) is 5.92 Å². The van der Waals surface area contributed by atoms with Crippen molar-refractivity contribution < 1.29 is 14.3 Å². The van der Waals surface area contributed by atoms with Crippen LogP contribution in [0.1, 0.15) is 5.56 Å². The third-order valence-corrected chi connectivity index (χ3v) is 2.22. The van der Waals surface area contributed by atoms with Crippen LogP contribution >= 0.6 is 0 Å². The van der Waals surface area contributed by atoms with Crippen molar-refractivity contribution in [2.75, 3.05) is 6.54 Å². The molecule has 2 rings (SSSR count). The minimum atomic E-state index is -0.727. The molecule has 1 fully saturated rings. The summed E-state index contributed by atoms with van der Waals surface area (Å²) in [4.78, 5) is 23.9. The van der Waals surface area contributed by atoms with Crippen molar-refractivity contribution in [3.05, 3.63) is 41.7 Å². The third-order valence-electron chi connectivity index (χ3n) is 2.22. The number of carbonyl (C=O) groups is 2. The van der Waals surface area contributed by atoms with E-state index in [0.717, 1.165) is 10.5 Å². The molecule has 1 saturated heterocycles. The first kappa shape index (κ1) is 11.0. The van der Waals surface area contributed by atoms with Crippen LogP contribution in [0.5, 0.6) is 0 Å². The largest absolute Gasteiger partial charge is 0.423 e. The van der Waals surface area contributed by atoms with Gasteiger partial charge in [-0.25, -0.2) is 9.69 Å². The summed E-state index contributed by atoms with van der Waals surface area (Å²) in [7, 11) is 0. The zero-order valence-corrected chi connectivity index (χ0v) is 8.92. The van der Waals surface area contributed by atoms with Gasteiger partial charge in [0.25, 0.3) is 5.91 Å². The molecule has 1 aromatic carbocycles. The molecule has 1 aromatic rings. The maximum absolute atomic E-state index is 11.7. The Balaban J connectivity index is 2.26. The van der Waals surface area contributed by atoms with Gasteiger partial charge >= 0.3 is 6.09 Å². The minimum absolute atomic E-state index is 0.00329. The van der Waals surface area contributed by atoms with Crippen LogP contribution in [-0.4, -0.2) is 23.4 Å². The van der Waals surface area contributed by atoms with Crippen LogP contribution in [0.3, 0.4) is 0 Å². The Morgan fingerprint density at radius 3 is 2.65 bits per heavy atom. The first-order chi connectivity index (χ1) is 8.22. The summed E-state index contributed by atoms with van der Waals surface area (Å²) >= 11 is 0. The van der Waals surface area contributed by atoms with Crippen LogP contribution in [0.4, 0.5) is 4.79 Å². The van der Waals surface area contributed by atoms with Gasteiger partial charge in [0.05, 0.1) is 6.54 Å². The summed E-state index contributed by atoms with van der Waals surface area (Å²) in [6.07, 6.45) is 5.84. The fourth-order valence-electron chi connectivity index (χ4n) is 1.43. The lowest BCUT2D eigenvalue weighted by atomic mass is 10.2. The summed E-state index contributed by atoms with van der Waals surface area (Å²) in [5, 5.41) is 0. The van der Waals surface area contributed by atoms with E-state index >= 15 is 0 Å². The molecule has 84 valence electrons. The number of carbonyl (C=O) groups excluding carboxylic acids is 2. The van der Waals surface area contributed by atoms with Crippen LogP contribution in [-0.2, 0) is 9.53 Å². The van der Waals surface area contributed by atoms with E-state index in [4.69, 9.17) is 11.2 Å². The summed E-state index contributed by atoms with van der Waals surface area (Å²) in [5.41, 5.74) is 0.784. The Kier molecular flexibility index (Phi) is 2.93. The van der Waals surface area contributed by atoms with E-state index in [-0.39, 0.29) is 12.3 Å². The average molecular weight is 227 g/mol. The maximum atomic E-state index is 11.7. The van der Waals surface area contributed by atoms with Crippen molar-refractivity contribution in [3.63, 3.8) is 0 Å². The number of rotatable bonds is 2. The van der Waals surface area contributed by atoms with Crippen LogP contribution in [0, 0.1) is 12.3 Å². The normalized spacial score (nSPS) is 17.1. The third kappa shape index (κ3) is 2.18. The lowest BCUT2D eigenvalue weighted by Crippen LogP contribution is -2.28. The van der Waals surface area contributed by atoms with Crippen LogP contribution in [0.25, 0.3) is 6.08 Å². The van der Waals surface area contributed by atoms with Crippen molar-refractivity contribution in [2.24, 2.45) is 0 Å². The van der Waals surface area contributed by atoms with Gasteiger partial charge in [-0.05, 0) is 11.6 Å². The first-order valence-electron chi connectivity index (χ1n) is 4.96. The molecule has 1 aliphatic heterocycles. The van der Waals surface area contributed by atoms with E-state index in [1.165, 1.54) is 6.08 Å². The Bertz CT molecular complexity index is 525. The highest BCUT2D eigenvalue weighted by Crippen LogP contribution is 2.18. The molecule has 0 atom stereocenters. The number of cyclic esters (lactones) is 1. The Hall–Kier alpha value is -2.54. The molecule has 0 spiro atoms. The summed E-state index contributed by atoms with van der Waals surface area (Å²) in [6.45, 7) is -0.0796. The second kappa shape index (κ2) is 4.54. The Morgan fingerprint density at radius 1 is 1.29 bits per heavy atom. The molecule has 0 unspecified atom stereocenters. The summed E-state index contributed by atoms with van der Waals surface area (Å²) in [5.74, 6) is 1.73. The highest BCUT2D eigenvalue weighted by Gasteiger charge is 2.35. The van der Waals surface area contributed by atoms with Crippen molar-refractivity contribution in [2.45, 2.75) is 0 Å². The number of benzene rings is 1. The van der Waals surface area contributed by atoms with E-state index in [9.17, 15) is 9.59 Å². The van der Waals surface area contributed by atoms with E-state index < -0.39 is 12.0 Å². The van der Waals surface area contributed by atoms with Crippen molar-refractivity contribution in [1.82, 2.24) is 4.90 Å². The molecule has 0 bridgehead atoms. The quantitative estimate of drug-likeness (QED) is 0.570. The Morgan fingerprint density at radius 2 is 2.00 bits per heavy atom. The van der Waals surface area contributed by atoms with Gasteiger partial charge in [-0.3, -0.25) is 4.79 Å². The van der Waals surface area contributed by atoms with Gasteiger partial charge in [-0.2, -0.15) is 0 Å². The van der Waals surface area contributed by atoms with Crippen LogP contribution in [0.15, 0.2) is 36.1 Å². The first-order valence-corrected chi connectivity index (χ1v) is 4.96. The van der Waals surface area contributed by atoms with Gasteiger partial charge in [0.2, 0.25) is 0 Å². The predicted octanol–water partition coefficient (Wildman–Crippen LogP) is 1.64. The standard InChI is InChI=1S/C13H9NO3/c1-2-8-14-12(15)11(17-13(14)16)9-10-6-4-3-5-7-10/h1,3-7,9H,8H2/b11-9-. The van der Waals surface area contributed by atoms with Crippen LogP contribution < -0.4 is 0 Å². The fraction of sp³-hybridized carbons (Fsp3) is 0.0769. The molecule has 17 heavy (non-hydrogen) atoms. The van der Waals surface area contributed by atoms with Gasteiger partial charge in [-0.15, -0.1) is 6.42 Å². The fourth-order valence-corrected chi connectivity index (χ4v) is 1.43. The second-order valence-corrected chi connectivity index (χ2v) is 3.38. The molecule has 0 saturated carbocycles. The number of ether oxygens (including phenoxy) is 1. The van der Waals surface area contributed by atoms with Gasteiger partial charge in [0.1, 0.15) is 0 Å². The lowest BCUT2D eigenvalue weighted by Gasteiger charge is -2.02. The number of hydrogen-bond acceptors (Lipinski definition) is 3. The molecular weight excluding hydrogens is 218 g/mol. The molecule has 0 aliphatic carbocycles. The zero-order chi connectivity index (χ0) is 12.3. The van der Waals surface area contributed by atoms with E-state index in [1.54, 1.807) is 12.1 Å². The topological polar surface area (TPSA) is 46.6 Å². The smallest absolute Gasteiger partial charge is 0.404 e. The molecule has 0 radical (unpaired) electrons. The molecular formula is C13H9NO3.